The minimum absolute atomic E-state index is 0. The van der Waals surface area contributed by atoms with Crippen molar-refractivity contribution in [3.63, 3.8) is 0 Å². The van der Waals surface area contributed by atoms with Crippen molar-refractivity contribution in [3.8, 4) is 0 Å². The molecular formula is C25H34IN7. The smallest absolute Gasteiger partial charge is 0.191 e. The van der Waals surface area contributed by atoms with Gasteiger partial charge in [0, 0.05) is 50.3 Å². The molecule has 0 radical (unpaired) electrons. The number of hydrogen-bond acceptors (Lipinski definition) is 4. The molecule has 0 spiro atoms. The number of benzene rings is 1. The second kappa shape index (κ2) is 12.6. The number of imidazole rings is 1. The standard InChI is InChI=1S/C25H33N7.HI/c1-3-26-25(28-18-24-27-14-17-32(24)19-21-9-5-4-6-10-21)30-22-12-15-31(16-13-22)23-11-7-8-20(2)29-23;/h4-11,14,17,22H,3,12-13,15-16,18-19H2,1-2H3,(H2,26,28,30);1H. The Kier molecular flexibility index (Phi) is 9.53. The van der Waals surface area contributed by atoms with Crippen LogP contribution in [0.3, 0.4) is 0 Å². The zero-order chi connectivity index (χ0) is 22.2. The first kappa shape index (κ1) is 25.0. The number of halogens is 1. The van der Waals surface area contributed by atoms with Crippen LogP contribution in [0.1, 0.15) is 36.8 Å². The van der Waals surface area contributed by atoms with E-state index in [4.69, 9.17) is 4.99 Å². The average Bonchev–Trinajstić information content (AvgIpc) is 3.25. The number of guanidine groups is 1. The summed E-state index contributed by atoms with van der Waals surface area (Å²) < 4.78 is 2.16. The topological polar surface area (TPSA) is 70.4 Å². The van der Waals surface area contributed by atoms with Crippen LogP contribution in [0.5, 0.6) is 0 Å². The summed E-state index contributed by atoms with van der Waals surface area (Å²) in [5, 5.41) is 7.01. The molecule has 1 aliphatic heterocycles. The maximum Gasteiger partial charge on any atom is 0.191 e. The quantitative estimate of drug-likeness (QED) is 0.261. The lowest BCUT2D eigenvalue weighted by Gasteiger charge is -2.34. The molecule has 2 N–H and O–H groups in total. The van der Waals surface area contributed by atoms with Gasteiger partial charge in [0.15, 0.2) is 5.96 Å². The number of piperidine rings is 1. The highest BCUT2D eigenvalue weighted by Crippen LogP contribution is 2.18. The monoisotopic (exact) mass is 559 g/mol. The molecule has 4 rings (SSSR count). The number of aliphatic imine (C=N–C) groups is 1. The zero-order valence-corrected chi connectivity index (χ0v) is 21.8. The van der Waals surface area contributed by atoms with Crippen LogP contribution < -0.4 is 15.5 Å². The number of hydrogen-bond donors (Lipinski definition) is 2. The molecule has 1 aliphatic rings. The third-order valence-corrected chi connectivity index (χ3v) is 5.75. The molecule has 176 valence electrons. The number of rotatable bonds is 7. The van der Waals surface area contributed by atoms with E-state index in [9.17, 15) is 0 Å². The van der Waals surface area contributed by atoms with E-state index in [1.165, 1.54) is 5.56 Å². The Bertz CT molecular complexity index is 1010. The molecule has 0 bridgehead atoms. The lowest BCUT2D eigenvalue weighted by Crippen LogP contribution is -2.49. The molecule has 0 unspecified atom stereocenters. The van der Waals surface area contributed by atoms with Crippen molar-refractivity contribution in [1.82, 2.24) is 25.2 Å². The van der Waals surface area contributed by atoms with Crippen molar-refractivity contribution < 1.29 is 0 Å². The van der Waals surface area contributed by atoms with Gasteiger partial charge in [-0.2, -0.15) is 0 Å². The van der Waals surface area contributed by atoms with Gasteiger partial charge in [0.05, 0.1) is 0 Å². The van der Waals surface area contributed by atoms with Crippen molar-refractivity contribution in [1.29, 1.82) is 0 Å². The molecular weight excluding hydrogens is 525 g/mol. The molecule has 8 heteroatoms. The minimum Gasteiger partial charge on any atom is -0.357 e. The summed E-state index contributed by atoms with van der Waals surface area (Å²) in [5.41, 5.74) is 2.32. The van der Waals surface area contributed by atoms with Crippen molar-refractivity contribution >= 4 is 35.8 Å². The van der Waals surface area contributed by atoms with Crippen LogP contribution in [0.25, 0.3) is 0 Å². The molecule has 0 saturated carbocycles. The Balaban J connectivity index is 0.00000306. The molecule has 3 heterocycles. The molecule has 33 heavy (non-hydrogen) atoms. The lowest BCUT2D eigenvalue weighted by molar-refractivity contribution is 0.459. The van der Waals surface area contributed by atoms with Crippen molar-refractivity contribution in [2.24, 2.45) is 4.99 Å². The van der Waals surface area contributed by atoms with Crippen LogP contribution in [-0.2, 0) is 13.1 Å². The third-order valence-electron chi connectivity index (χ3n) is 5.75. The maximum absolute atomic E-state index is 4.83. The average molecular weight is 560 g/mol. The van der Waals surface area contributed by atoms with Crippen LogP contribution in [0, 0.1) is 6.92 Å². The summed E-state index contributed by atoms with van der Waals surface area (Å²) in [7, 11) is 0. The van der Waals surface area contributed by atoms with Crippen molar-refractivity contribution in [3.05, 3.63) is 78.0 Å². The van der Waals surface area contributed by atoms with Crippen LogP contribution in [0.4, 0.5) is 5.82 Å². The summed E-state index contributed by atoms with van der Waals surface area (Å²) in [5.74, 6) is 2.90. The Morgan fingerprint density at radius 1 is 1.09 bits per heavy atom. The van der Waals surface area contributed by atoms with Crippen LogP contribution >= 0.6 is 24.0 Å². The number of pyridine rings is 1. The van der Waals surface area contributed by atoms with Gasteiger partial charge in [-0.1, -0.05) is 36.4 Å². The Hall–Kier alpha value is -2.62. The van der Waals surface area contributed by atoms with E-state index in [1.54, 1.807) is 0 Å². The SMILES string of the molecule is CCNC(=NCc1nccn1Cc1ccccc1)NC1CCN(c2cccc(C)n2)CC1.I. The lowest BCUT2D eigenvalue weighted by atomic mass is 10.1. The molecule has 1 saturated heterocycles. The summed E-state index contributed by atoms with van der Waals surface area (Å²) in [4.78, 5) is 16.4. The predicted molar refractivity (Wildman–Crippen MR) is 145 cm³/mol. The Morgan fingerprint density at radius 2 is 1.88 bits per heavy atom. The largest absolute Gasteiger partial charge is 0.357 e. The third kappa shape index (κ3) is 7.18. The van der Waals surface area contributed by atoms with E-state index in [1.807, 2.05) is 31.5 Å². The van der Waals surface area contributed by atoms with Gasteiger partial charge in [0.25, 0.3) is 0 Å². The fraction of sp³-hybridized carbons (Fsp3) is 0.400. The second-order valence-corrected chi connectivity index (χ2v) is 8.19. The van der Waals surface area contributed by atoms with Gasteiger partial charge in [0.2, 0.25) is 0 Å². The normalized spacial score (nSPS) is 14.6. The fourth-order valence-electron chi connectivity index (χ4n) is 4.04. The van der Waals surface area contributed by atoms with E-state index in [0.29, 0.717) is 12.6 Å². The molecule has 0 amide bonds. The van der Waals surface area contributed by atoms with Crippen LogP contribution in [-0.4, -0.2) is 46.2 Å². The highest BCUT2D eigenvalue weighted by molar-refractivity contribution is 14.0. The van der Waals surface area contributed by atoms with E-state index >= 15 is 0 Å². The van der Waals surface area contributed by atoms with E-state index in [2.05, 4.69) is 73.4 Å². The van der Waals surface area contributed by atoms with Crippen LogP contribution in [0.15, 0.2) is 65.9 Å². The minimum atomic E-state index is 0. The summed E-state index contributed by atoms with van der Waals surface area (Å²) >= 11 is 0. The molecule has 0 atom stereocenters. The molecule has 3 aromatic rings. The first-order valence-electron chi connectivity index (χ1n) is 11.5. The summed E-state index contributed by atoms with van der Waals surface area (Å²) in [6, 6.07) is 17.1. The highest BCUT2D eigenvalue weighted by Gasteiger charge is 2.21. The summed E-state index contributed by atoms with van der Waals surface area (Å²) in [6.45, 7) is 8.31. The maximum atomic E-state index is 4.83. The van der Waals surface area contributed by atoms with Gasteiger partial charge >= 0.3 is 0 Å². The van der Waals surface area contributed by atoms with Gasteiger partial charge in [-0.05, 0) is 44.4 Å². The van der Waals surface area contributed by atoms with Gasteiger partial charge in [0.1, 0.15) is 18.2 Å². The Labute approximate surface area is 213 Å². The van der Waals surface area contributed by atoms with E-state index < -0.39 is 0 Å². The molecule has 0 aliphatic carbocycles. The van der Waals surface area contributed by atoms with Crippen molar-refractivity contribution in [2.45, 2.75) is 45.8 Å². The molecule has 1 fully saturated rings. The highest BCUT2D eigenvalue weighted by atomic mass is 127. The number of anilines is 1. The first-order chi connectivity index (χ1) is 15.7. The van der Waals surface area contributed by atoms with Gasteiger partial charge in [-0.15, -0.1) is 24.0 Å². The number of aryl methyl sites for hydroxylation is 1. The first-order valence-corrected chi connectivity index (χ1v) is 11.5. The van der Waals surface area contributed by atoms with E-state index in [-0.39, 0.29) is 24.0 Å². The second-order valence-electron chi connectivity index (χ2n) is 8.19. The van der Waals surface area contributed by atoms with Gasteiger partial charge in [-0.25, -0.2) is 15.0 Å². The number of nitrogens with one attached hydrogen (secondary N) is 2. The number of nitrogens with zero attached hydrogens (tertiary/aromatic N) is 5. The molecule has 1 aromatic carbocycles. The van der Waals surface area contributed by atoms with Crippen LogP contribution in [0.2, 0.25) is 0 Å². The zero-order valence-electron chi connectivity index (χ0n) is 19.4. The number of aromatic nitrogens is 3. The van der Waals surface area contributed by atoms with E-state index in [0.717, 1.165) is 62.3 Å². The van der Waals surface area contributed by atoms with Gasteiger partial charge in [-0.3, -0.25) is 0 Å². The fourth-order valence-corrected chi connectivity index (χ4v) is 4.04. The molecule has 2 aromatic heterocycles. The molecule has 7 nitrogen and oxygen atoms in total. The Morgan fingerprint density at radius 3 is 2.61 bits per heavy atom. The summed E-state index contributed by atoms with van der Waals surface area (Å²) in [6.07, 6.45) is 5.99. The van der Waals surface area contributed by atoms with Gasteiger partial charge < -0.3 is 20.1 Å². The predicted octanol–water partition coefficient (Wildman–Crippen LogP) is 3.98. The van der Waals surface area contributed by atoms with Crippen molar-refractivity contribution in [2.75, 3.05) is 24.5 Å².